The number of hydrogen-bond donors (Lipinski definition) is 2. The SMILES string of the molecule is CCc1nsc(N2CCN(C(=NC)NCCc3cc4ccccc4[nH]3)CC2)n1. The lowest BCUT2D eigenvalue weighted by atomic mass is 10.2. The Bertz CT molecular complexity index is 904. The smallest absolute Gasteiger partial charge is 0.205 e. The highest BCUT2D eigenvalue weighted by Gasteiger charge is 2.21. The van der Waals surface area contributed by atoms with E-state index < -0.39 is 0 Å². The molecule has 0 saturated carbocycles. The molecule has 0 unspecified atom stereocenters. The van der Waals surface area contributed by atoms with Crippen LogP contribution in [0.25, 0.3) is 10.9 Å². The molecule has 0 amide bonds. The molecule has 0 spiro atoms. The summed E-state index contributed by atoms with van der Waals surface area (Å²) in [4.78, 5) is 17.2. The van der Waals surface area contributed by atoms with Gasteiger partial charge < -0.3 is 20.1 Å². The van der Waals surface area contributed by atoms with Crippen molar-refractivity contribution < 1.29 is 0 Å². The van der Waals surface area contributed by atoms with E-state index in [0.29, 0.717) is 0 Å². The Kier molecular flexibility index (Phi) is 5.76. The van der Waals surface area contributed by atoms with Gasteiger partial charge in [0.1, 0.15) is 5.82 Å². The van der Waals surface area contributed by atoms with Gasteiger partial charge in [0.25, 0.3) is 0 Å². The monoisotopic (exact) mass is 397 g/mol. The lowest BCUT2D eigenvalue weighted by Crippen LogP contribution is -2.52. The van der Waals surface area contributed by atoms with Crippen LogP contribution in [0.4, 0.5) is 5.13 Å². The molecular weight excluding hydrogens is 370 g/mol. The van der Waals surface area contributed by atoms with Gasteiger partial charge in [0.15, 0.2) is 5.96 Å². The first-order valence-electron chi connectivity index (χ1n) is 9.86. The van der Waals surface area contributed by atoms with Gasteiger partial charge in [-0.2, -0.15) is 4.37 Å². The van der Waals surface area contributed by atoms with Crippen molar-refractivity contribution >= 4 is 33.5 Å². The largest absolute Gasteiger partial charge is 0.358 e. The number of rotatable bonds is 5. The molecule has 1 aliphatic rings. The number of anilines is 1. The fraction of sp³-hybridized carbons (Fsp3) is 0.450. The first kappa shape index (κ1) is 18.7. The molecule has 3 aromatic rings. The molecule has 1 aliphatic heterocycles. The molecule has 2 N–H and O–H groups in total. The molecule has 7 nitrogen and oxygen atoms in total. The molecule has 1 fully saturated rings. The molecule has 0 radical (unpaired) electrons. The molecular formula is C20H27N7S. The maximum absolute atomic E-state index is 4.61. The predicted octanol–water partition coefficient (Wildman–Crippen LogP) is 2.52. The topological polar surface area (TPSA) is 72.4 Å². The molecule has 0 aliphatic carbocycles. The average molecular weight is 398 g/mol. The van der Waals surface area contributed by atoms with Crippen molar-refractivity contribution in [3.8, 4) is 0 Å². The lowest BCUT2D eigenvalue weighted by Gasteiger charge is -2.36. The number of fused-ring (bicyclic) bond motifs is 1. The molecule has 28 heavy (non-hydrogen) atoms. The Morgan fingerprint density at radius 2 is 2.07 bits per heavy atom. The summed E-state index contributed by atoms with van der Waals surface area (Å²) in [5.74, 6) is 1.92. The third kappa shape index (κ3) is 4.11. The first-order valence-corrected chi connectivity index (χ1v) is 10.6. The summed E-state index contributed by atoms with van der Waals surface area (Å²) in [6.45, 7) is 6.72. The van der Waals surface area contributed by atoms with Gasteiger partial charge in [0.2, 0.25) is 5.13 Å². The van der Waals surface area contributed by atoms with Crippen LogP contribution in [0.5, 0.6) is 0 Å². The number of aryl methyl sites for hydroxylation is 1. The highest BCUT2D eigenvalue weighted by Crippen LogP contribution is 2.19. The van der Waals surface area contributed by atoms with Crippen LogP contribution in [-0.2, 0) is 12.8 Å². The summed E-state index contributed by atoms with van der Waals surface area (Å²) in [6.07, 6.45) is 1.83. The normalized spacial score (nSPS) is 15.4. The molecule has 1 saturated heterocycles. The summed E-state index contributed by atoms with van der Waals surface area (Å²) in [5, 5.41) is 5.82. The Balaban J connectivity index is 1.27. The van der Waals surface area contributed by atoms with E-state index >= 15 is 0 Å². The van der Waals surface area contributed by atoms with Crippen LogP contribution in [-0.4, -0.2) is 65.0 Å². The number of H-pyrrole nitrogens is 1. The third-order valence-corrected chi connectivity index (χ3v) is 5.91. The van der Waals surface area contributed by atoms with Crippen molar-refractivity contribution in [2.45, 2.75) is 19.8 Å². The minimum atomic E-state index is 0.857. The van der Waals surface area contributed by atoms with Gasteiger partial charge in [-0.1, -0.05) is 25.1 Å². The van der Waals surface area contributed by atoms with E-state index in [4.69, 9.17) is 0 Å². The van der Waals surface area contributed by atoms with Crippen LogP contribution < -0.4 is 10.2 Å². The fourth-order valence-electron chi connectivity index (χ4n) is 3.54. The third-order valence-electron chi connectivity index (χ3n) is 5.10. The molecule has 4 rings (SSSR count). The quantitative estimate of drug-likeness (QED) is 0.511. The average Bonchev–Trinajstić information content (AvgIpc) is 3.38. The first-order chi connectivity index (χ1) is 13.8. The van der Waals surface area contributed by atoms with Crippen molar-refractivity contribution in [1.82, 2.24) is 24.6 Å². The number of guanidine groups is 1. The van der Waals surface area contributed by atoms with Gasteiger partial charge in [-0.25, -0.2) is 4.98 Å². The standard InChI is InChI=1S/C20H27N7S/c1-3-18-24-20(28-25-18)27-12-10-26(11-13-27)19(21-2)22-9-8-16-14-15-6-4-5-7-17(15)23-16/h4-7,14,23H,3,8-13H2,1-2H3,(H,21,22). The molecule has 1 aromatic carbocycles. The zero-order valence-electron chi connectivity index (χ0n) is 16.5. The summed E-state index contributed by atoms with van der Waals surface area (Å²) < 4.78 is 4.40. The van der Waals surface area contributed by atoms with Gasteiger partial charge in [0.05, 0.1) is 0 Å². The van der Waals surface area contributed by atoms with Gasteiger partial charge in [-0.05, 0) is 17.5 Å². The predicted molar refractivity (Wildman–Crippen MR) is 116 cm³/mol. The van der Waals surface area contributed by atoms with E-state index in [1.165, 1.54) is 28.1 Å². The molecule has 0 atom stereocenters. The number of nitrogens with one attached hydrogen (secondary N) is 2. The van der Waals surface area contributed by atoms with Crippen molar-refractivity contribution in [2.24, 2.45) is 4.99 Å². The maximum Gasteiger partial charge on any atom is 0.205 e. The summed E-state index contributed by atoms with van der Waals surface area (Å²) in [5.41, 5.74) is 2.44. The van der Waals surface area contributed by atoms with Crippen LogP contribution >= 0.6 is 11.5 Å². The van der Waals surface area contributed by atoms with E-state index in [9.17, 15) is 0 Å². The van der Waals surface area contributed by atoms with E-state index in [1.807, 2.05) is 7.05 Å². The molecule has 148 valence electrons. The summed E-state index contributed by atoms with van der Waals surface area (Å²) in [6, 6.07) is 10.6. The van der Waals surface area contributed by atoms with Crippen LogP contribution in [0.1, 0.15) is 18.4 Å². The van der Waals surface area contributed by atoms with Crippen LogP contribution in [0.15, 0.2) is 35.3 Å². The number of para-hydroxylation sites is 1. The number of hydrogen-bond acceptors (Lipinski definition) is 5. The Labute approximate surface area is 169 Å². The minimum absolute atomic E-state index is 0.857. The number of aromatic nitrogens is 3. The maximum atomic E-state index is 4.61. The van der Waals surface area contributed by atoms with Gasteiger partial charge in [-0.3, -0.25) is 4.99 Å². The van der Waals surface area contributed by atoms with Gasteiger partial charge in [0, 0.05) is 75.4 Å². The molecule has 0 bridgehead atoms. The van der Waals surface area contributed by atoms with E-state index in [-0.39, 0.29) is 0 Å². The second kappa shape index (κ2) is 8.60. The van der Waals surface area contributed by atoms with E-state index in [0.717, 1.165) is 62.5 Å². The van der Waals surface area contributed by atoms with Crippen molar-refractivity contribution in [3.63, 3.8) is 0 Å². The van der Waals surface area contributed by atoms with Crippen molar-refractivity contribution in [1.29, 1.82) is 0 Å². The Hall–Kier alpha value is -2.61. The zero-order chi connectivity index (χ0) is 19.3. The number of aromatic amines is 1. The Morgan fingerprint density at radius 1 is 1.25 bits per heavy atom. The van der Waals surface area contributed by atoms with Crippen LogP contribution in [0.3, 0.4) is 0 Å². The van der Waals surface area contributed by atoms with E-state index in [1.54, 1.807) is 0 Å². The summed E-state index contributed by atoms with van der Waals surface area (Å²) in [7, 11) is 1.86. The van der Waals surface area contributed by atoms with Crippen LogP contribution in [0.2, 0.25) is 0 Å². The molecule has 8 heteroatoms. The number of nitrogens with zero attached hydrogens (tertiary/aromatic N) is 5. The highest BCUT2D eigenvalue weighted by atomic mass is 32.1. The Morgan fingerprint density at radius 3 is 2.79 bits per heavy atom. The summed E-state index contributed by atoms with van der Waals surface area (Å²) >= 11 is 1.51. The molecule has 3 heterocycles. The van der Waals surface area contributed by atoms with Gasteiger partial charge in [-0.15, -0.1) is 0 Å². The fourth-order valence-corrected chi connectivity index (χ4v) is 4.34. The van der Waals surface area contributed by atoms with E-state index in [2.05, 4.69) is 71.7 Å². The second-order valence-electron chi connectivity index (χ2n) is 6.93. The second-order valence-corrected chi connectivity index (χ2v) is 7.66. The number of benzene rings is 1. The van der Waals surface area contributed by atoms with Crippen molar-refractivity contribution in [2.75, 3.05) is 44.7 Å². The minimum Gasteiger partial charge on any atom is -0.358 e. The number of piperazine rings is 1. The zero-order valence-corrected chi connectivity index (χ0v) is 17.3. The lowest BCUT2D eigenvalue weighted by molar-refractivity contribution is 0.372. The molecule has 2 aromatic heterocycles. The van der Waals surface area contributed by atoms with Crippen LogP contribution in [0, 0.1) is 0 Å². The number of aliphatic imine (C=N–C) groups is 1. The van der Waals surface area contributed by atoms with Gasteiger partial charge >= 0.3 is 0 Å². The van der Waals surface area contributed by atoms with Crippen molar-refractivity contribution in [3.05, 3.63) is 41.9 Å². The highest BCUT2D eigenvalue weighted by molar-refractivity contribution is 7.09.